The Kier molecular flexibility index (Phi) is 8.04. The van der Waals surface area contributed by atoms with Gasteiger partial charge < -0.3 is 31.8 Å². The van der Waals surface area contributed by atoms with Gasteiger partial charge in [-0.2, -0.15) is 12.6 Å². The highest BCUT2D eigenvalue weighted by Gasteiger charge is 2.23. The van der Waals surface area contributed by atoms with E-state index in [-0.39, 0.29) is 12.2 Å². The van der Waals surface area contributed by atoms with Crippen molar-refractivity contribution >= 4 is 47.2 Å². The average Bonchev–Trinajstić information content (AvgIpc) is 3.11. The van der Waals surface area contributed by atoms with E-state index in [4.69, 9.17) is 10.8 Å². The van der Waals surface area contributed by atoms with Crippen LogP contribution in [0.15, 0.2) is 30.5 Å². The predicted octanol–water partition coefficient (Wildman–Crippen LogP) is -1.23. The molecule has 0 bridgehead atoms. The molecule has 0 aliphatic heterocycles. The van der Waals surface area contributed by atoms with E-state index < -0.39 is 48.9 Å². The molecule has 1 heterocycles. The molecule has 29 heavy (non-hydrogen) atoms. The highest BCUT2D eigenvalue weighted by atomic mass is 32.1. The number of para-hydroxylation sites is 1. The van der Waals surface area contributed by atoms with Gasteiger partial charge >= 0.3 is 5.97 Å². The molecule has 2 rings (SSSR count). The molecule has 1 aromatic carbocycles. The normalized spacial score (nSPS) is 12.8. The number of amides is 3. The largest absolute Gasteiger partial charge is 0.480 e. The fourth-order valence-electron chi connectivity index (χ4n) is 2.63. The lowest BCUT2D eigenvalue weighted by Gasteiger charge is -2.19. The number of carbonyl (C=O) groups excluding carboxylic acids is 3. The zero-order valence-corrected chi connectivity index (χ0v) is 16.4. The number of aromatic amines is 1. The molecule has 2 unspecified atom stereocenters. The van der Waals surface area contributed by atoms with Gasteiger partial charge in [0.05, 0.1) is 12.6 Å². The van der Waals surface area contributed by atoms with E-state index >= 15 is 0 Å². The smallest absolute Gasteiger partial charge is 0.322 e. The first-order valence-corrected chi connectivity index (χ1v) is 9.43. The Bertz CT molecular complexity index is 900. The number of hydrogen-bond donors (Lipinski definition) is 7. The van der Waals surface area contributed by atoms with Gasteiger partial charge in [0.15, 0.2) is 0 Å². The molecule has 0 saturated carbocycles. The van der Waals surface area contributed by atoms with E-state index in [2.05, 4.69) is 33.6 Å². The highest BCUT2D eigenvalue weighted by molar-refractivity contribution is 7.80. The zero-order valence-electron chi connectivity index (χ0n) is 15.5. The van der Waals surface area contributed by atoms with Crippen LogP contribution in [0.5, 0.6) is 0 Å². The lowest BCUT2D eigenvalue weighted by Crippen LogP contribution is -2.54. The Morgan fingerprint density at radius 2 is 1.83 bits per heavy atom. The maximum absolute atomic E-state index is 12.4. The summed E-state index contributed by atoms with van der Waals surface area (Å²) in [7, 11) is 0. The Morgan fingerprint density at radius 1 is 1.10 bits per heavy atom. The van der Waals surface area contributed by atoms with Gasteiger partial charge in [0, 0.05) is 22.9 Å². The molecular weight excluding hydrogens is 398 g/mol. The van der Waals surface area contributed by atoms with Gasteiger partial charge in [-0.15, -0.1) is 0 Å². The number of hydrogen-bond acceptors (Lipinski definition) is 6. The number of rotatable bonds is 10. The number of carboxylic acid groups (broad SMARTS) is 1. The van der Waals surface area contributed by atoms with E-state index in [0.717, 1.165) is 16.5 Å². The second-order valence-electron chi connectivity index (χ2n) is 6.30. The number of benzene rings is 1. The number of thiol groups is 1. The summed E-state index contributed by atoms with van der Waals surface area (Å²) in [6.45, 7) is -0.974. The Hall–Kier alpha value is -3.05. The molecule has 0 fully saturated rings. The highest BCUT2D eigenvalue weighted by Crippen LogP contribution is 2.18. The standard InChI is InChI=1S/C18H23N5O5S/c19-12(5-10-6-20-13-4-2-1-3-11(10)13)17(27)23-14(9-29)18(28)22-7-15(24)21-8-16(25)26/h1-4,6,12,14,20,29H,5,7-9,19H2,(H,21,24)(H,22,28)(H,23,27)(H,25,26). The van der Waals surface area contributed by atoms with Crippen molar-refractivity contribution < 1.29 is 24.3 Å². The minimum atomic E-state index is -1.20. The van der Waals surface area contributed by atoms with Crippen molar-refractivity contribution in [3.8, 4) is 0 Å². The molecule has 11 heteroatoms. The van der Waals surface area contributed by atoms with Crippen LogP contribution in [0.2, 0.25) is 0 Å². The summed E-state index contributed by atoms with van der Waals surface area (Å²) in [5.41, 5.74) is 7.80. The van der Waals surface area contributed by atoms with Crippen LogP contribution >= 0.6 is 12.6 Å². The van der Waals surface area contributed by atoms with Crippen LogP contribution < -0.4 is 21.7 Å². The molecule has 156 valence electrons. The van der Waals surface area contributed by atoms with Crippen LogP contribution in [0, 0.1) is 0 Å². The molecule has 0 saturated heterocycles. The van der Waals surface area contributed by atoms with E-state index in [9.17, 15) is 19.2 Å². The molecular formula is C18H23N5O5S. The maximum Gasteiger partial charge on any atom is 0.322 e. The van der Waals surface area contributed by atoms with Crippen molar-refractivity contribution in [1.82, 2.24) is 20.9 Å². The average molecular weight is 421 g/mol. The third-order valence-corrected chi connectivity index (χ3v) is 4.49. The minimum absolute atomic E-state index is 0.00583. The summed E-state index contributed by atoms with van der Waals surface area (Å²) in [6.07, 6.45) is 2.06. The quantitative estimate of drug-likeness (QED) is 0.237. The molecule has 1 aromatic heterocycles. The van der Waals surface area contributed by atoms with E-state index in [1.165, 1.54) is 0 Å². The molecule has 0 aliphatic rings. The summed E-state index contributed by atoms with van der Waals surface area (Å²) in [4.78, 5) is 49.5. The Morgan fingerprint density at radius 3 is 2.52 bits per heavy atom. The summed E-state index contributed by atoms with van der Waals surface area (Å²) in [5.74, 6) is -3.03. The molecule has 2 aromatic rings. The van der Waals surface area contributed by atoms with Gasteiger partial charge in [0.2, 0.25) is 17.7 Å². The number of fused-ring (bicyclic) bond motifs is 1. The third kappa shape index (κ3) is 6.50. The maximum atomic E-state index is 12.4. The number of aliphatic carboxylic acids is 1. The predicted molar refractivity (Wildman–Crippen MR) is 109 cm³/mol. The van der Waals surface area contributed by atoms with Crippen molar-refractivity contribution in [3.05, 3.63) is 36.0 Å². The van der Waals surface area contributed by atoms with Gasteiger partial charge in [-0.25, -0.2) is 0 Å². The monoisotopic (exact) mass is 421 g/mol. The molecule has 3 amide bonds. The van der Waals surface area contributed by atoms with E-state index in [0.29, 0.717) is 0 Å². The van der Waals surface area contributed by atoms with Crippen LogP contribution in [0.25, 0.3) is 10.9 Å². The van der Waals surface area contributed by atoms with Gasteiger partial charge in [-0.3, -0.25) is 19.2 Å². The van der Waals surface area contributed by atoms with E-state index in [1.807, 2.05) is 24.3 Å². The van der Waals surface area contributed by atoms with E-state index in [1.54, 1.807) is 6.20 Å². The topological polar surface area (TPSA) is 166 Å². The Labute approximate surface area is 172 Å². The molecule has 10 nitrogen and oxygen atoms in total. The summed E-state index contributed by atoms with van der Waals surface area (Å²) < 4.78 is 0. The third-order valence-electron chi connectivity index (χ3n) is 4.13. The van der Waals surface area contributed by atoms with Crippen LogP contribution in [0.1, 0.15) is 5.56 Å². The van der Waals surface area contributed by atoms with Crippen LogP contribution in [-0.2, 0) is 25.6 Å². The lowest BCUT2D eigenvalue weighted by molar-refractivity contribution is -0.138. The number of nitrogens with two attached hydrogens (primary N) is 1. The van der Waals surface area contributed by atoms with Gasteiger partial charge in [0.25, 0.3) is 0 Å². The number of nitrogens with one attached hydrogen (secondary N) is 4. The number of carbonyl (C=O) groups is 4. The van der Waals surface area contributed by atoms with Gasteiger partial charge in [-0.05, 0) is 18.1 Å². The van der Waals surface area contributed by atoms with Crippen LogP contribution in [0.4, 0.5) is 0 Å². The van der Waals surface area contributed by atoms with Crippen molar-refractivity contribution in [2.24, 2.45) is 5.73 Å². The fourth-order valence-corrected chi connectivity index (χ4v) is 2.89. The molecule has 7 N–H and O–H groups in total. The number of carboxylic acids is 1. The minimum Gasteiger partial charge on any atom is -0.480 e. The Balaban J connectivity index is 1.86. The summed E-state index contributed by atoms with van der Waals surface area (Å²) >= 11 is 4.05. The number of aromatic nitrogens is 1. The van der Waals surface area contributed by atoms with Crippen molar-refractivity contribution in [2.75, 3.05) is 18.8 Å². The molecule has 2 atom stereocenters. The van der Waals surface area contributed by atoms with Crippen molar-refractivity contribution in [2.45, 2.75) is 18.5 Å². The summed E-state index contributed by atoms with van der Waals surface area (Å²) in [6, 6.07) is 5.74. The SMILES string of the molecule is NC(Cc1c[nH]c2ccccc12)C(=O)NC(CS)C(=O)NCC(=O)NCC(=O)O. The molecule has 0 spiro atoms. The van der Waals surface area contributed by atoms with Crippen LogP contribution in [0.3, 0.4) is 0 Å². The first-order valence-electron chi connectivity index (χ1n) is 8.79. The van der Waals surface area contributed by atoms with Gasteiger partial charge in [0.1, 0.15) is 12.6 Å². The summed E-state index contributed by atoms with van der Waals surface area (Å²) in [5, 5.41) is 16.4. The molecule has 0 radical (unpaired) electrons. The van der Waals surface area contributed by atoms with Crippen LogP contribution in [-0.4, -0.2) is 64.7 Å². The second-order valence-corrected chi connectivity index (χ2v) is 6.67. The fraction of sp³-hybridized carbons (Fsp3) is 0.333. The second kappa shape index (κ2) is 10.5. The van der Waals surface area contributed by atoms with Crippen molar-refractivity contribution in [3.63, 3.8) is 0 Å². The first kappa shape index (κ1) is 22.2. The number of H-pyrrole nitrogens is 1. The van der Waals surface area contributed by atoms with Crippen molar-refractivity contribution in [1.29, 1.82) is 0 Å². The zero-order chi connectivity index (χ0) is 21.4. The first-order chi connectivity index (χ1) is 13.8. The lowest BCUT2D eigenvalue weighted by atomic mass is 10.0. The van der Waals surface area contributed by atoms with Gasteiger partial charge in [-0.1, -0.05) is 18.2 Å². The molecule has 0 aliphatic carbocycles.